The Hall–Kier alpha value is -1.22. The number of aliphatic hydroxyl groups excluding tert-OH is 2. The van der Waals surface area contributed by atoms with E-state index in [1.54, 1.807) is 9.80 Å². The number of hydrogen-bond donors (Lipinski definition) is 4. The molecular formula is C16H36N2O6. The molecule has 146 valence electrons. The van der Waals surface area contributed by atoms with E-state index in [-0.39, 0.29) is 0 Å². The number of hydrogen-bond acceptors (Lipinski definition) is 6. The Labute approximate surface area is 145 Å². The van der Waals surface area contributed by atoms with E-state index in [9.17, 15) is 19.8 Å². The van der Waals surface area contributed by atoms with E-state index in [0.29, 0.717) is 0 Å². The molecule has 24 heavy (non-hydrogen) atoms. The largest absolute Gasteiger partial charge is 0.547 e. The van der Waals surface area contributed by atoms with Gasteiger partial charge in [-0.3, -0.25) is 0 Å². The molecule has 0 amide bonds. The topological polar surface area (TPSA) is 130 Å². The van der Waals surface area contributed by atoms with Crippen molar-refractivity contribution in [3.8, 4) is 0 Å². The highest BCUT2D eigenvalue weighted by atomic mass is 16.4. The van der Waals surface area contributed by atoms with Gasteiger partial charge in [0.1, 0.15) is 12.2 Å². The molecule has 8 nitrogen and oxygen atoms in total. The van der Waals surface area contributed by atoms with Gasteiger partial charge in [-0.1, -0.05) is 0 Å². The lowest BCUT2D eigenvalue weighted by Crippen LogP contribution is -3.11. The number of carbonyl (C=O) groups excluding carboxylic acids is 2. The monoisotopic (exact) mass is 352 g/mol. The predicted octanol–water partition coefficient (Wildman–Crippen LogP) is -4.93. The van der Waals surface area contributed by atoms with Gasteiger partial charge in [-0.15, -0.1) is 0 Å². The number of carboxylic acids is 2. The number of carboxylic acid groups (broad SMARTS) is 2. The number of carbonyl (C=O) groups is 2. The van der Waals surface area contributed by atoms with Crippen molar-refractivity contribution in [1.82, 2.24) is 0 Å². The average Bonchev–Trinajstić information content (AvgIpc) is 2.57. The minimum absolute atomic E-state index is 1.27. The third-order valence-corrected chi connectivity index (χ3v) is 3.78. The highest BCUT2D eigenvalue weighted by Crippen LogP contribution is 1.88. The van der Waals surface area contributed by atoms with Gasteiger partial charge in [0, 0.05) is 0 Å². The van der Waals surface area contributed by atoms with Crippen LogP contribution in [0.1, 0.15) is 41.5 Å². The standard InChI is InChI=1S/2C6H15N.C4H6O6/c2*1-4-7(5-2)6-3;5-1(3(7)8)2(6)4(9)10/h2*4-6H2,1-3H3;1-2,5-6H,(H,7,8)(H,9,10). The number of rotatable bonds is 9. The molecule has 0 saturated heterocycles. The molecule has 0 aliphatic carbocycles. The van der Waals surface area contributed by atoms with Crippen LogP contribution in [0.4, 0.5) is 0 Å². The Balaban J connectivity index is -0.000000283. The summed E-state index contributed by atoms with van der Waals surface area (Å²) < 4.78 is 0. The lowest BCUT2D eigenvalue weighted by molar-refractivity contribution is -0.894. The molecule has 0 aliphatic heterocycles. The van der Waals surface area contributed by atoms with Crippen molar-refractivity contribution in [2.75, 3.05) is 39.3 Å². The first-order chi connectivity index (χ1) is 11.2. The summed E-state index contributed by atoms with van der Waals surface area (Å²) in [5, 5.41) is 35.7. The van der Waals surface area contributed by atoms with Crippen molar-refractivity contribution in [2.45, 2.75) is 53.8 Å². The van der Waals surface area contributed by atoms with E-state index in [0.717, 1.165) is 0 Å². The summed E-state index contributed by atoms with van der Waals surface area (Å²) in [6.07, 6.45) is -4.88. The maximum absolute atomic E-state index is 9.63. The summed E-state index contributed by atoms with van der Waals surface area (Å²) in [6, 6.07) is 0. The number of quaternary nitrogens is 2. The van der Waals surface area contributed by atoms with Gasteiger partial charge in [0.05, 0.1) is 51.2 Å². The molecule has 0 aromatic rings. The van der Waals surface area contributed by atoms with Crippen molar-refractivity contribution in [3.05, 3.63) is 0 Å². The molecule has 0 saturated carbocycles. The van der Waals surface area contributed by atoms with E-state index in [1.165, 1.54) is 39.3 Å². The Kier molecular flexibility index (Phi) is 20.9. The van der Waals surface area contributed by atoms with Gasteiger partial charge in [-0.2, -0.15) is 0 Å². The maximum Gasteiger partial charge on any atom is 0.124 e. The van der Waals surface area contributed by atoms with Crippen LogP contribution in [0.5, 0.6) is 0 Å². The molecule has 0 fully saturated rings. The van der Waals surface area contributed by atoms with Crippen molar-refractivity contribution in [1.29, 1.82) is 0 Å². The smallest absolute Gasteiger partial charge is 0.124 e. The van der Waals surface area contributed by atoms with Crippen LogP contribution >= 0.6 is 0 Å². The van der Waals surface area contributed by atoms with Crippen molar-refractivity contribution in [2.24, 2.45) is 0 Å². The number of nitrogens with one attached hydrogen (secondary N) is 2. The van der Waals surface area contributed by atoms with Crippen molar-refractivity contribution >= 4 is 11.9 Å². The second kappa shape index (κ2) is 18.1. The Morgan fingerprint density at radius 1 is 0.667 bits per heavy atom. The third-order valence-electron chi connectivity index (χ3n) is 3.78. The molecule has 0 bridgehead atoms. The van der Waals surface area contributed by atoms with Crippen LogP contribution in [-0.4, -0.2) is 73.6 Å². The summed E-state index contributed by atoms with van der Waals surface area (Å²) in [6.45, 7) is 21.0. The Morgan fingerprint density at radius 2 is 0.833 bits per heavy atom. The molecular weight excluding hydrogens is 316 g/mol. The highest BCUT2D eigenvalue weighted by molar-refractivity contribution is 5.80. The fourth-order valence-electron chi connectivity index (χ4n) is 1.76. The normalized spacial score (nSPS) is 12.6. The van der Waals surface area contributed by atoms with Gasteiger partial charge in [0.15, 0.2) is 0 Å². The van der Waals surface area contributed by atoms with E-state index in [1.807, 2.05) is 0 Å². The van der Waals surface area contributed by atoms with Crippen molar-refractivity contribution < 1.29 is 39.8 Å². The average molecular weight is 352 g/mol. The summed E-state index contributed by atoms with van der Waals surface area (Å²) in [5.41, 5.74) is 0. The summed E-state index contributed by atoms with van der Waals surface area (Å²) in [7, 11) is 0. The quantitative estimate of drug-likeness (QED) is 0.329. The Bertz CT molecular complexity index is 266. The van der Waals surface area contributed by atoms with Crippen LogP contribution in [0.15, 0.2) is 0 Å². The van der Waals surface area contributed by atoms with Crippen LogP contribution in [0.3, 0.4) is 0 Å². The van der Waals surface area contributed by atoms with Crippen LogP contribution < -0.4 is 20.0 Å². The maximum atomic E-state index is 9.63. The number of aliphatic hydroxyl groups is 2. The first-order valence-corrected chi connectivity index (χ1v) is 8.61. The van der Waals surface area contributed by atoms with Crippen LogP contribution in [0, 0.1) is 0 Å². The molecule has 4 N–H and O–H groups in total. The highest BCUT2D eigenvalue weighted by Gasteiger charge is 2.17. The van der Waals surface area contributed by atoms with Crippen LogP contribution in [0.25, 0.3) is 0 Å². The van der Waals surface area contributed by atoms with Crippen LogP contribution in [-0.2, 0) is 9.59 Å². The molecule has 0 aliphatic rings. The fourth-order valence-corrected chi connectivity index (χ4v) is 1.76. The molecule has 0 aromatic carbocycles. The molecule has 2 unspecified atom stereocenters. The molecule has 0 rings (SSSR count). The van der Waals surface area contributed by atoms with Crippen molar-refractivity contribution in [3.63, 3.8) is 0 Å². The molecule has 0 radical (unpaired) electrons. The lowest BCUT2D eigenvalue weighted by atomic mass is 10.2. The molecule has 8 heteroatoms. The first kappa shape index (κ1) is 27.6. The fraction of sp³-hybridized carbons (Fsp3) is 0.875. The van der Waals surface area contributed by atoms with Gasteiger partial charge in [-0.05, 0) is 41.5 Å². The summed E-state index contributed by atoms with van der Waals surface area (Å²) in [5.74, 6) is -4.12. The first-order valence-electron chi connectivity index (χ1n) is 8.61. The predicted molar refractivity (Wildman–Crippen MR) is 87.2 cm³/mol. The summed E-state index contributed by atoms with van der Waals surface area (Å²) in [4.78, 5) is 22.6. The van der Waals surface area contributed by atoms with Gasteiger partial charge in [0.25, 0.3) is 0 Å². The minimum Gasteiger partial charge on any atom is -0.547 e. The van der Waals surface area contributed by atoms with E-state index >= 15 is 0 Å². The third kappa shape index (κ3) is 15.7. The lowest BCUT2D eigenvalue weighted by Gasteiger charge is -2.18. The SMILES string of the molecule is CC[NH+](CC)CC.CC[NH+](CC)CC.O=C([O-])C(O)C(O)C(=O)[O-]. The van der Waals surface area contributed by atoms with Gasteiger partial charge in [0.2, 0.25) is 0 Å². The molecule has 0 heterocycles. The zero-order chi connectivity index (χ0) is 19.7. The van der Waals surface area contributed by atoms with E-state index in [4.69, 9.17) is 10.2 Å². The zero-order valence-electron chi connectivity index (χ0n) is 15.9. The Morgan fingerprint density at radius 3 is 0.875 bits per heavy atom. The van der Waals surface area contributed by atoms with Gasteiger partial charge < -0.3 is 39.8 Å². The molecule has 0 aromatic heterocycles. The second-order valence-electron chi connectivity index (χ2n) is 5.15. The summed E-state index contributed by atoms with van der Waals surface area (Å²) >= 11 is 0. The zero-order valence-corrected chi connectivity index (χ0v) is 15.9. The van der Waals surface area contributed by atoms with Gasteiger partial charge in [-0.25, -0.2) is 0 Å². The van der Waals surface area contributed by atoms with E-state index < -0.39 is 24.1 Å². The molecule has 2 atom stereocenters. The molecule has 0 spiro atoms. The second-order valence-corrected chi connectivity index (χ2v) is 5.15. The van der Waals surface area contributed by atoms with Gasteiger partial charge >= 0.3 is 0 Å². The number of aliphatic carboxylic acids is 2. The van der Waals surface area contributed by atoms with Crippen LogP contribution in [0.2, 0.25) is 0 Å². The minimum atomic E-state index is -2.44. The van der Waals surface area contributed by atoms with E-state index in [2.05, 4.69) is 41.5 Å².